The summed E-state index contributed by atoms with van der Waals surface area (Å²) < 4.78 is 5.37. The predicted molar refractivity (Wildman–Crippen MR) is 107 cm³/mol. The smallest absolute Gasteiger partial charge is 0.411 e. The van der Waals surface area contributed by atoms with Crippen molar-refractivity contribution in [1.29, 1.82) is 0 Å². The molecule has 0 saturated carbocycles. The molecule has 138 valence electrons. The van der Waals surface area contributed by atoms with Gasteiger partial charge in [-0.25, -0.2) is 4.79 Å². The van der Waals surface area contributed by atoms with Gasteiger partial charge in [0.15, 0.2) is 0 Å². The number of hydrogen-bond acceptors (Lipinski definition) is 3. The summed E-state index contributed by atoms with van der Waals surface area (Å²) in [6, 6.07) is 13.3. The monoisotopic (exact) mass is 392 g/mol. The van der Waals surface area contributed by atoms with E-state index in [2.05, 4.69) is 17.3 Å². The Morgan fingerprint density at radius 1 is 1.23 bits per heavy atom. The van der Waals surface area contributed by atoms with E-state index >= 15 is 0 Å². The van der Waals surface area contributed by atoms with Crippen LogP contribution < -0.4 is 5.32 Å². The molecule has 1 heterocycles. The lowest BCUT2D eigenvalue weighted by Crippen LogP contribution is -2.27. The maximum absolute atomic E-state index is 12.2. The molecule has 4 nitrogen and oxygen atoms in total. The van der Waals surface area contributed by atoms with Crippen molar-refractivity contribution in [3.63, 3.8) is 0 Å². The van der Waals surface area contributed by atoms with Gasteiger partial charge in [0.05, 0.1) is 12.3 Å². The Labute approximate surface area is 164 Å². The number of para-hydroxylation sites is 1. The average Bonchev–Trinajstić information content (AvgIpc) is 2.99. The molecule has 26 heavy (non-hydrogen) atoms. The molecule has 0 aliphatic carbocycles. The van der Waals surface area contributed by atoms with Gasteiger partial charge in [0.1, 0.15) is 0 Å². The van der Waals surface area contributed by atoms with E-state index in [1.165, 1.54) is 12.8 Å². The van der Waals surface area contributed by atoms with Crippen LogP contribution in [-0.2, 0) is 4.74 Å². The molecule has 0 radical (unpaired) electrons. The average molecular weight is 393 g/mol. The molecule has 0 aromatic heterocycles. The number of amides is 1. The second kappa shape index (κ2) is 8.76. The summed E-state index contributed by atoms with van der Waals surface area (Å²) in [5.41, 5.74) is 2.34. The van der Waals surface area contributed by atoms with E-state index in [1.54, 1.807) is 6.07 Å². The number of ether oxygens (including phenoxy) is 1. The first-order valence-electron chi connectivity index (χ1n) is 8.72. The first-order valence-corrected chi connectivity index (χ1v) is 9.48. The number of anilines is 1. The Balaban J connectivity index is 1.63. The van der Waals surface area contributed by atoms with Crippen molar-refractivity contribution < 1.29 is 9.53 Å². The van der Waals surface area contributed by atoms with Crippen molar-refractivity contribution in [2.45, 2.75) is 25.3 Å². The fourth-order valence-corrected chi connectivity index (χ4v) is 3.86. The number of likely N-dealkylation sites (tertiary alicyclic amines) is 1. The fourth-order valence-electron chi connectivity index (χ4n) is 3.33. The molecule has 1 N–H and O–H groups in total. The highest BCUT2D eigenvalue weighted by Crippen LogP contribution is 2.32. The normalized spacial score (nSPS) is 17.3. The minimum absolute atomic E-state index is 0.409. The molecule has 1 fully saturated rings. The highest BCUT2D eigenvalue weighted by Gasteiger charge is 2.20. The topological polar surface area (TPSA) is 41.6 Å². The van der Waals surface area contributed by atoms with Crippen molar-refractivity contribution in [2.75, 3.05) is 25.5 Å². The molecule has 3 rings (SSSR count). The Morgan fingerprint density at radius 2 is 1.96 bits per heavy atom. The summed E-state index contributed by atoms with van der Waals surface area (Å²) in [6.45, 7) is 1.53. The third kappa shape index (κ3) is 4.91. The third-order valence-corrected chi connectivity index (χ3v) is 5.13. The summed E-state index contributed by atoms with van der Waals surface area (Å²) >= 11 is 12.2. The van der Waals surface area contributed by atoms with Gasteiger partial charge in [-0.2, -0.15) is 0 Å². The van der Waals surface area contributed by atoms with Crippen molar-refractivity contribution >= 4 is 35.0 Å². The first-order chi connectivity index (χ1) is 12.5. The van der Waals surface area contributed by atoms with Gasteiger partial charge < -0.3 is 9.64 Å². The van der Waals surface area contributed by atoms with E-state index in [0.717, 1.165) is 24.1 Å². The Morgan fingerprint density at radius 3 is 2.65 bits per heavy atom. The number of rotatable bonds is 5. The minimum Gasteiger partial charge on any atom is -0.449 e. The van der Waals surface area contributed by atoms with Crippen LogP contribution in [0, 0.1) is 0 Å². The molecule has 1 amide bonds. The third-order valence-electron chi connectivity index (χ3n) is 4.69. The number of benzene rings is 2. The lowest BCUT2D eigenvalue weighted by molar-refractivity contribution is 0.147. The number of nitrogens with zero attached hydrogens (tertiary/aromatic N) is 1. The number of hydrogen-bond donors (Lipinski definition) is 1. The van der Waals surface area contributed by atoms with Crippen LogP contribution in [-0.4, -0.2) is 37.2 Å². The van der Waals surface area contributed by atoms with Crippen LogP contribution in [0.2, 0.25) is 10.0 Å². The summed E-state index contributed by atoms with van der Waals surface area (Å²) in [5, 5.41) is 3.92. The molecule has 1 aliphatic rings. The molecule has 2 aromatic carbocycles. The van der Waals surface area contributed by atoms with Gasteiger partial charge in [-0.15, -0.1) is 0 Å². The molecule has 1 saturated heterocycles. The van der Waals surface area contributed by atoms with Gasteiger partial charge in [0.2, 0.25) is 0 Å². The summed E-state index contributed by atoms with van der Waals surface area (Å²) in [7, 11) is 2.12. The zero-order valence-corrected chi connectivity index (χ0v) is 16.2. The van der Waals surface area contributed by atoms with E-state index in [4.69, 9.17) is 27.9 Å². The molecule has 1 unspecified atom stereocenters. The largest absolute Gasteiger partial charge is 0.449 e. The van der Waals surface area contributed by atoms with Crippen LogP contribution in [0.3, 0.4) is 0 Å². The molecule has 1 atom stereocenters. The van der Waals surface area contributed by atoms with Gasteiger partial charge >= 0.3 is 6.09 Å². The van der Waals surface area contributed by atoms with Crippen molar-refractivity contribution in [3.05, 3.63) is 52.5 Å². The van der Waals surface area contributed by atoms with Gasteiger partial charge in [-0.05, 0) is 62.7 Å². The molecular formula is C20H22Cl2N2O2. The van der Waals surface area contributed by atoms with Crippen molar-refractivity contribution in [1.82, 2.24) is 4.90 Å². The van der Waals surface area contributed by atoms with E-state index < -0.39 is 6.09 Å². The zero-order chi connectivity index (χ0) is 18.5. The van der Waals surface area contributed by atoms with Gasteiger partial charge in [0, 0.05) is 21.7 Å². The number of nitrogens with one attached hydrogen (secondary N) is 1. The number of halogens is 2. The maximum Gasteiger partial charge on any atom is 0.411 e. The van der Waals surface area contributed by atoms with Crippen LogP contribution >= 0.6 is 23.2 Å². The molecule has 0 spiro atoms. The Bertz CT molecular complexity index is 762. The van der Waals surface area contributed by atoms with Crippen LogP contribution in [0.4, 0.5) is 10.5 Å². The lowest BCUT2D eigenvalue weighted by Gasteiger charge is -2.19. The first kappa shape index (κ1) is 19.0. The molecule has 6 heteroatoms. The second-order valence-electron chi connectivity index (χ2n) is 6.53. The van der Waals surface area contributed by atoms with E-state index in [1.807, 2.05) is 36.4 Å². The highest BCUT2D eigenvalue weighted by molar-refractivity contribution is 6.35. The molecule has 0 bridgehead atoms. The summed E-state index contributed by atoms with van der Waals surface area (Å²) in [5.74, 6) is 0. The highest BCUT2D eigenvalue weighted by atomic mass is 35.5. The van der Waals surface area contributed by atoms with Crippen LogP contribution in [0.5, 0.6) is 0 Å². The lowest BCUT2D eigenvalue weighted by atomic mass is 10.0. The maximum atomic E-state index is 12.2. The standard InChI is InChI=1S/C20H22Cl2N2O2/c1-24-9-4-5-17(24)8-10-26-20(25)23-19-7-3-2-6-18(19)14-11-15(21)13-16(22)12-14/h2-3,6-7,11-13,17H,4-5,8-10H2,1H3,(H,23,25). The van der Waals surface area contributed by atoms with Crippen LogP contribution in [0.25, 0.3) is 11.1 Å². The quantitative estimate of drug-likeness (QED) is 0.709. The van der Waals surface area contributed by atoms with Crippen LogP contribution in [0.15, 0.2) is 42.5 Å². The second-order valence-corrected chi connectivity index (χ2v) is 7.40. The minimum atomic E-state index is -0.453. The van der Waals surface area contributed by atoms with Gasteiger partial charge in [-0.3, -0.25) is 5.32 Å². The Kier molecular flexibility index (Phi) is 6.41. The number of carbonyl (C=O) groups excluding carboxylic acids is 1. The SMILES string of the molecule is CN1CCCC1CCOC(=O)Nc1ccccc1-c1cc(Cl)cc(Cl)c1. The summed E-state index contributed by atoms with van der Waals surface area (Å²) in [6.07, 6.45) is 2.78. The molecule has 2 aromatic rings. The Hall–Kier alpha value is -1.75. The summed E-state index contributed by atoms with van der Waals surface area (Å²) in [4.78, 5) is 14.5. The molecule has 1 aliphatic heterocycles. The molecular weight excluding hydrogens is 371 g/mol. The number of carbonyl (C=O) groups is 1. The van der Waals surface area contributed by atoms with E-state index in [-0.39, 0.29) is 0 Å². The van der Waals surface area contributed by atoms with Gasteiger partial charge in [0.25, 0.3) is 0 Å². The van der Waals surface area contributed by atoms with Crippen LogP contribution in [0.1, 0.15) is 19.3 Å². The van der Waals surface area contributed by atoms with E-state index in [0.29, 0.717) is 28.4 Å². The fraction of sp³-hybridized carbons (Fsp3) is 0.350. The zero-order valence-electron chi connectivity index (χ0n) is 14.7. The van der Waals surface area contributed by atoms with Crippen molar-refractivity contribution in [3.8, 4) is 11.1 Å². The van der Waals surface area contributed by atoms with Crippen molar-refractivity contribution in [2.24, 2.45) is 0 Å². The van der Waals surface area contributed by atoms with E-state index in [9.17, 15) is 4.79 Å². The predicted octanol–water partition coefficient (Wildman–Crippen LogP) is 5.69. The van der Waals surface area contributed by atoms with Gasteiger partial charge in [-0.1, -0.05) is 41.4 Å².